The molecular weight excluding hydrogens is 244 g/mol. The highest BCUT2D eigenvalue weighted by atomic mass is 16.5. The van der Waals surface area contributed by atoms with Crippen LogP contribution in [0.4, 0.5) is 11.4 Å². The number of ether oxygens (including phenoxy) is 1. The zero-order valence-electron chi connectivity index (χ0n) is 11.9. The SMILES string of the molecule is COc1nccc(N(C)C)c1NC(=O)C(C)CCN. The predicted octanol–water partition coefficient (Wildman–Crippen LogP) is 1.08. The van der Waals surface area contributed by atoms with Crippen LogP contribution in [0.5, 0.6) is 5.88 Å². The predicted molar refractivity (Wildman–Crippen MR) is 76.6 cm³/mol. The summed E-state index contributed by atoms with van der Waals surface area (Å²) >= 11 is 0. The van der Waals surface area contributed by atoms with Gasteiger partial charge in [-0.05, 0) is 19.0 Å². The van der Waals surface area contributed by atoms with Gasteiger partial charge in [-0.25, -0.2) is 4.98 Å². The van der Waals surface area contributed by atoms with Crippen LogP contribution in [0.25, 0.3) is 0 Å². The molecule has 1 aromatic heterocycles. The second-order valence-electron chi connectivity index (χ2n) is 4.58. The molecule has 3 N–H and O–H groups in total. The molecule has 0 saturated carbocycles. The summed E-state index contributed by atoms with van der Waals surface area (Å²) in [6.45, 7) is 2.33. The monoisotopic (exact) mass is 266 g/mol. The molecule has 19 heavy (non-hydrogen) atoms. The van der Waals surface area contributed by atoms with E-state index in [9.17, 15) is 4.79 Å². The molecule has 6 heteroatoms. The van der Waals surface area contributed by atoms with Gasteiger partial charge in [-0.2, -0.15) is 0 Å². The minimum atomic E-state index is -0.148. The molecule has 0 fully saturated rings. The van der Waals surface area contributed by atoms with Crippen molar-refractivity contribution in [3.8, 4) is 5.88 Å². The number of amides is 1. The minimum absolute atomic E-state index is 0.0835. The quantitative estimate of drug-likeness (QED) is 0.805. The average Bonchev–Trinajstić information content (AvgIpc) is 2.38. The van der Waals surface area contributed by atoms with E-state index in [1.807, 2.05) is 32.0 Å². The maximum atomic E-state index is 12.1. The molecule has 0 aliphatic carbocycles. The topological polar surface area (TPSA) is 80.5 Å². The lowest BCUT2D eigenvalue weighted by Crippen LogP contribution is -2.24. The lowest BCUT2D eigenvalue weighted by atomic mass is 10.1. The molecule has 106 valence electrons. The van der Waals surface area contributed by atoms with Crippen LogP contribution >= 0.6 is 0 Å². The smallest absolute Gasteiger partial charge is 0.239 e. The first-order valence-electron chi connectivity index (χ1n) is 6.22. The van der Waals surface area contributed by atoms with Crippen molar-refractivity contribution >= 4 is 17.3 Å². The lowest BCUT2D eigenvalue weighted by Gasteiger charge is -2.20. The first-order chi connectivity index (χ1) is 9.01. The first-order valence-corrected chi connectivity index (χ1v) is 6.22. The fourth-order valence-corrected chi connectivity index (χ4v) is 1.71. The second-order valence-corrected chi connectivity index (χ2v) is 4.58. The van der Waals surface area contributed by atoms with Crippen molar-refractivity contribution in [2.75, 3.05) is 38.0 Å². The molecule has 0 saturated heterocycles. The van der Waals surface area contributed by atoms with Crippen LogP contribution in [0.3, 0.4) is 0 Å². The molecule has 6 nitrogen and oxygen atoms in total. The number of nitrogens with two attached hydrogens (primary N) is 1. The number of hydrogen-bond donors (Lipinski definition) is 2. The molecule has 0 radical (unpaired) electrons. The molecular formula is C13H22N4O2. The summed E-state index contributed by atoms with van der Waals surface area (Å²) in [4.78, 5) is 18.1. The number of carbonyl (C=O) groups excluding carboxylic acids is 1. The Hall–Kier alpha value is -1.82. The van der Waals surface area contributed by atoms with Gasteiger partial charge in [0.05, 0.1) is 12.8 Å². The summed E-state index contributed by atoms with van der Waals surface area (Å²) < 4.78 is 5.20. The highest BCUT2D eigenvalue weighted by Gasteiger charge is 2.18. The van der Waals surface area contributed by atoms with Gasteiger partial charge in [-0.15, -0.1) is 0 Å². The van der Waals surface area contributed by atoms with Crippen LogP contribution in [0.2, 0.25) is 0 Å². The summed E-state index contributed by atoms with van der Waals surface area (Å²) in [5.41, 5.74) is 6.90. The number of aromatic nitrogens is 1. The number of rotatable bonds is 6. The van der Waals surface area contributed by atoms with E-state index in [-0.39, 0.29) is 11.8 Å². The largest absolute Gasteiger partial charge is 0.479 e. The number of anilines is 2. The Morgan fingerprint density at radius 3 is 2.79 bits per heavy atom. The molecule has 0 aliphatic heterocycles. The van der Waals surface area contributed by atoms with E-state index in [2.05, 4.69) is 10.3 Å². The highest BCUT2D eigenvalue weighted by molar-refractivity contribution is 5.97. The van der Waals surface area contributed by atoms with Crippen molar-refractivity contribution in [1.82, 2.24) is 4.98 Å². The molecule has 1 aromatic rings. The number of hydrogen-bond acceptors (Lipinski definition) is 5. The Morgan fingerprint density at radius 2 is 2.26 bits per heavy atom. The van der Waals surface area contributed by atoms with Crippen LogP contribution in [0, 0.1) is 5.92 Å². The zero-order chi connectivity index (χ0) is 14.4. The number of nitrogens with zero attached hydrogens (tertiary/aromatic N) is 2. The summed E-state index contributed by atoms with van der Waals surface area (Å²) in [7, 11) is 5.32. The maximum Gasteiger partial charge on any atom is 0.239 e. The molecule has 0 spiro atoms. The maximum absolute atomic E-state index is 12.1. The van der Waals surface area contributed by atoms with E-state index in [4.69, 9.17) is 10.5 Å². The van der Waals surface area contributed by atoms with Crippen molar-refractivity contribution < 1.29 is 9.53 Å². The molecule has 0 aromatic carbocycles. The third kappa shape index (κ3) is 3.82. The van der Waals surface area contributed by atoms with Crippen molar-refractivity contribution in [1.29, 1.82) is 0 Å². The lowest BCUT2D eigenvalue weighted by molar-refractivity contribution is -0.119. The Labute approximate surface area is 113 Å². The fourth-order valence-electron chi connectivity index (χ4n) is 1.71. The van der Waals surface area contributed by atoms with Crippen molar-refractivity contribution in [3.05, 3.63) is 12.3 Å². The second kappa shape index (κ2) is 6.94. The van der Waals surface area contributed by atoms with Gasteiger partial charge in [-0.1, -0.05) is 6.92 Å². The molecule has 1 unspecified atom stereocenters. The van der Waals surface area contributed by atoms with Crippen LogP contribution in [-0.2, 0) is 4.79 Å². The van der Waals surface area contributed by atoms with Gasteiger partial charge in [0, 0.05) is 26.2 Å². The third-order valence-corrected chi connectivity index (χ3v) is 2.86. The van der Waals surface area contributed by atoms with E-state index < -0.39 is 0 Å². The molecule has 0 aliphatic rings. The Kier molecular flexibility index (Phi) is 5.57. The molecule has 1 heterocycles. The van der Waals surface area contributed by atoms with Gasteiger partial charge < -0.3 is 20.7 Å². The third-order valence-electron chi connectivity index (χ3n) is 2.86. The molecule has 1 amide bonds. The van der Waals surface area contributed by atoms with E-state index in [1.54, 1.807) is 6.20 Å². The van der Waals surface area contributed by atoms with Crippen LogP contribution in [0.1, 0.15) is 13.3 Å². The Bertz CT molecular complexity index is 435. The molecule has 1 rings (SSSR count). The van der Waals surface area contributed by atoms with E-state index >= 15 is 0 Å². The van der Waals surface area contributed by atoms with Gasteiger partial charge >= 0.3 is 0 Å². The van der Waals surface area contributed by atoms with Gasteiger partial charge in [0.15, 0.2) is 0 Å². The van der Waals surface area contributed by atoms with E-state index in [1.165, 1.54) is 7.11 Å². The minimum Gasteiger partial charge on any atom is -0.479 e. The summed E-state index contributed by atoms with van der Waals surface area (Å²) in [5, 5.41) is 2.87. The normalized spacial score (nSPS) is 11.8. The van der Waals surface area contributed by atoms with Gasteiger partial charge in [0.1, 0.15) is 5.69 Å². The molecule has 0 bridgehead atoms. The van der Waals surface area contributed by atoms with Crippen LogP contribution in [0.15, 0.2) is 12.3 Å². The number of methoxy groups -OCH3 is 1. The highest BCUT2D eigenvalue weighted by Crippen LogP contribution is 2.32. The summed E-state index contributed by atoms with van der Waals surface area (Å²) in [6, 6.07) is 1.83. The fraction of sp³-hybridized carbons (Fsp3) is 0.538. The Balaban J connectivity index is 3.01. The zero-order valence-corrected chi connectivity index (χ0v) is 11.9. The van der Waals surface area contributed by atoms with E-state index in [0.717, 1.165) is 5.69 Å². The first kappa shape index (κ1) is 15.2. The van der Waals surface area contributed by atoms with Gasteiger partial charge in [-0.3, -0.25) is 4.79 Å². The van der Waals surface area contributed by atoms with Crippen molar-refractivity contribution in [2.45, 2.75) is 13.3 Å². The standard InChI is InChI=1S/C13H22N4O2/c1-9(5-7-14)12(18)16-11-10(17(2)3)6-8-15-13(11)19-4/h6,8-9H,5,7,14H2,1-4H3,(H,16,18). The van der Waals surface area contributed by atoms with Crippen LogP contribution < -0.4 is 20.7 Å². The summed E-state index contributed by atoms with van der Waals surface area (Å²) in [6.07, 6.45) is 2.29. The Morgan fingerprint density at radius 1 is 1.58 bits per heavy atom. The number of carbonyl (C=O) groups is 1. The number of nitrogens with one attached hydrogen (secondary N) is 1. The van der Waals surface area contributed by atoms with Gasteiger partial charge in [0.2, 0.25) is 11.8 Å². The number of pyridine rings is 1. The summed E-state index contributed by atoms with van der Waals surface area (Å²) in [5.74, 6) is 0.171. The van der Waals surface area contributed by atoms with Crippen molar-refractivity contribution in [2.24, 2.45) is 11.7 Å². The van der Waals surface area contributed by atoms with Gasteiger partial charge in [0.25, 0.3) is 0 Å². The van der Waals surface area contributed by atoms with Crippen LogP contribution in [-0.4, -0.2) is 38.6 Å². The molecule has 1 atom stereocenters. The average molecular weight is 266 g/mol. The van der Waals surface area contributed by atoms with Crippen molar-refractivity contribution in [3.63, 3.8) is 0 Å². The van der Waals surface area contributed by atoms with E-state index in [0.29, 0.717) is 24.5 Å².